The maximum Gasteiger partial charge on any atom is 0.305 e. The number of benzene rings is 1. The molecule has 19 heavy (non-hydrogen) atoms. The van der Waals surface area contributed by atoms with Gasteiger partial charge in [0.25, 0.3) is 0 Å². The van der Waals surface area contributed by atoms with E-state index in [0.29, 0.717) is 30.8 Å². The molecule has 0 unspecified atom stereocenters. The molecule has 0 aromatic heterocycles. The van der Waals surface area contributed by atoms with Crippen LogP contribution in [0.3, 0.4) is 0 Å². The van der Waals surface area contributed by atoms with Crippen molar-refractivity contribution in [2.24, 2.45) is 0 Å². The first-order valence-electron chi connectivity index (χ1n) is 6.08. The summed E-state index contributed by atoms with van der Waals surface area (Å²) in [6, 6.07) is 7.20. The molecule has 0 aliphatic carbocycles. The van der Waals surface area contributed by atoms with Crippen LogP contribution in [0.4, 0.5) is 0 Å². The molecule has 0 N–H and O–H groups in total. The molecule has 1 aromatic rings. The molecular weight excluding hydrogens is 266 g/mol. The fourth-order valence-electron chi connectivity index (χ4n) is 1.60. The number of rotatable bonds is 6. The Bertz CT molecular complexity index is 431. The molecule has 0 atom stereocenters. The summed E-state index contributed by atoms with van der Waals surface area (Å²) in [7, 11) is 3.09. The van der Waals surface area contributed by atoms with Crippen molar-refractivity contribution in [2.75, 3.05) is 20.7 Å². The average molecular weight is 284 g/mol. The van der Waals surface area contributed by atoms with Crippen molar-refractivity contribution in [3.05, 3.63) is 34.9 Å². The van der Waals surface area contributed by atoms with Crippen LogP contribution in [-0.2, 0) is 20.7 Å². The van der Waals surface area contributed by atoms with Gasteiger partial charge in [0, 0.05) is 25.0 Å². The van der Waals surface area contributed by atoms with Crippen LogP contribution < -0.4 is 0 Å². The highest BCUT2D eigenvalue weighted by molar-refractivity contribution is 6.30. The molecule has 104 valence electrons. The number of carbonyl (C=O) groups is 2. The third-order valence-corrected chi connectivity index (χ3v) is 3.05. The number of methoxy groups -OCH3 is 1. The number of halogens is 1. The number of likely N-dealkylation sites (N-methyl/N-ethyl adjacent to an activating group) is 1. The summed E-state index contributed by atoms with van der Waals surface area (Å²) in [6.07, 6.45) is 1.27. The van der Waals surface area contributed by atoms with Gasteiger partial charge in [0.2, 0.25) is 5.91 Å². The van der Waals surface area contributed by atoms with Crippen molar-refractivity contribution in [3.8, 4) is 0 Å². The lowest BCUT2D eigenvalue weighted by molar-refractivity contribution is -0.141. The van der Waals surface area contributed by atoms with Crippen LogP contribution >= 0.6 is 11.6 Å². The lowest BCUT2D eigenvalue weighted by Gasteiger charge is -2.16. The highest BCUT2D eigenvalue weighted by Crippen LogP contribution is 2.10. The molecule has 0 fully saturated rings. The van der Waals surface area contributed by atoms with Gasteiger partial charge in [-0.2, -0.15) is 0 Å². The maximum absolute atomic E-state index is 11.9. The van der Waals surface area contributed by atoms with E-state index in [4.69, 9.17) is 11.6 Å². The Labute approximate surface area is 118 Å². The first-order valence-corrected chi connectivity index (χ1v) is 6.46. The molecule has 0 saturated carbocycles. The van der Waals surface area contributed by atoms with Gasteiger partial charge >= 0.3 is 5.97 Å². The molecule has 0 radical (unpaired) electrons. The second-order valence-corrected chi connectivity index (χ2v) is 4.73. The topological polar surface area (TPSA) is 46.6 Å². The molecule has 0 aliphatic heterocycles. The number of amides is 1. The molecule has 1 rings (SSSR count). The van der Waals surface area contributed by atoms with Crippen LogP contribution in [0.5, 0.6) is 0 Å². The second-order valence-electron chi connectivity index (χ2n) is 4.30. The minimum absolute atomic E-state index is 0.0205. The number of esters is 1. The van der Waals surface area contributed by atoms with Crippen LogP contribution in [0.15, 0.2) is 24.3 Å². The zero-order valence-corrected chi connectivity index (χ0v) is 11.9. The Morgan fingerprint density at radius 1 is 1.26 bits per heavy atom. The van der Waals surface area contributed by atoms with Crippen molar-refractivity contribution in [3.63, 3.8) is 0 Å². The molecule has 0 aliphatic rings. The van der Waals surface area contributed by atoms with Crippen molar-refractivity contribution in [2.45, 2.75) is 19.3 Å². The smallest absolute Gasteiger partial charge is 0.305 e. The second kappa shape index (κ2) is 7.79. The summed E-state index contributed by atoms with van der Waals surface area (Å²) in [5.74, 6) is -0.231. The van der Waals surface area contributed by atoms with Crippen LogP contribution in [0.1, 0.15) is 18.4 Å². The number of hydrogen-bond acceptors (Lipinski definition) is 3. The molecular formula is C14H18ClNO3. The van der Waals surface area contributed by atoms with Crippen LogP contribution in [0.2, 0.25) is 5.02 Å². The maximum atomic E-state index is 11.9. The Hall–Kier alpha value is -1.55. The third-order valence-electron chi connectivity index (χ3n) is 2.80. The molecule has 1 aromatic carbocycles. The fourth-order valence-corrected chi connectivity index (χ4v) is 1.73. The van der Waals surface area contributed by atoms with E-state index in [1.807, 2.05) is 12.1 Å². The SMILES string of the molecule is COC(=O)CCCN(C)C(=O)Cc1ccc(Cl)cc1. The summed E-state index contributed by atoms with van der Waals surface area (Å²) in [4.78, 5) is 24.5. The summed E-state index contributed by atoms with van der Waals surface area (Å²) in [5.41, 5.74) is 0.925. The average Bonchev–Trinajstić information content (AvgIpc) is 2.40. The van der Waals surface area contributed by atoms with E-state index < -0.39 is 0 Å². The molecule has 0 spiro atoms. The van der Waals surface area contributed by atoms with E-state index >= 15 is 0 Å². The zero-order valence-electron chi connectivity index (χ0n) is 11.2. The molecule has 4 nitrogen and oxygen atoms in total. The Kier molecular flexibility index (Phi) is 6.36. The predicted octanol–water partition coefficient (Wildman–Crippen LogP) is 2.29. The molecule has 5 heteroatoms. The quantitative estimate of drug-likeness (QED) is 0.753. The van der Waals surface area contributed by atoms with Gasteiger partial charge in [-0.1, -0.05) is 23.7 Å². The van der Waals surface area contributed by atoms with Crippen molar-refractivity contribution in [1.29, 1.82) is 0 Å². The van der Waals surface area contributed by atoms with E-state index in [1.165, 1.54) is 7.11 Å². The lowest BCUT2D eigenvalue weighted by atomic mass is 10.1. The molecule has 0 heterocycles. The summed E-state index contributed by atoms with van der Waals surface area (Å²) in [6.45, 7) is 0.543. The van der Waals surface area contributed by atoms with Crippen LogP contribution in [-0.4, -0.2) is 37.5 Å². The Morgan fingerprint density at radius 2 is 1.89 bits per heavy atom. The number of hydrogen-bond donors (Lipinski definition) is 0. The summed E-state index contributed by atoms with van der Waals surface area (Å²) >= 11 is 5.78. The highest BCUT2D eigenvalue weighted by atomic mass is 35.5. The van der Waals surface area contributed by atoms with Gasteiger partial charge in [-0.3, -0.25) is 9.59 Å². The number of nitrogens with zero attached hydrogens (tertiary/aromatic N) is 1. The monoisotopic (exact) mass is 283 g/mol. The minimum Gasteiger partial charge on any atom is -0.469 e. The van der Waals surface area contributed by atoms with Gasteiger partial charge in [-0.25, -0.2) is 0 Å². The van der Waals surface area contributed by atoms with Gasteiger partial charge in [-0.05, 0) is 24.1 Å². The van der Waals surface area contributed by atoms with Gasteiger partial charge < -0.3 is 9.64 Å². The van der Waals surface area contributed by atoms with E-state index in [2.05, 4.69) is 4.74 Å². The fraction of sp³-hybridized carbons (Fsp3) is 0.429. The molecule has 1 amide bonds. The molecule has 0 saturated heterocycles. The lowest BCUT2D eigenvalue weighted by Crippen LogP contribution is -2.29. The third kappa shape index (κ3) is 5.75. The van der Waals surface area contributed by atoms with E-state index in [1.54, 1.807) is 24.1 Å². The molecule has 0 bridgehead atoms. The van der Waals surface area contributed by atoms with Gasteiger partial charge in [0.1, 0.15) is 0 Å². The largest absolute Gasteiger partial charge is 0.469 e. The summed E-state index contributed by atoms with van der Waals surface area (Å²) < 4.78 is 4.54. The van der Waals surface area contributed by atoms with Crippen LogP contribution in [0, 0.1) is 0 Å². The Balaban J connectivity index is 2.36. The van der Waals surface area contributed by atoms with Crippen LogP contribution in [0.25, 0.3) is 0 Å². The highest BCUT2D eigenvalue weighted by Gasteiger charge is 2.10. The zero-order chi connectivity index (χ0) is 14.3. The standard InChI is InChI=1S/C14H18ClNO3/c1-16(9-3-4-14(18)19-2)13(17)10-11-5-7-12(15)8-6-11/h5-8H,3-4,9-10H2,1-2H3. The number of ether oxygens (including phenoxy) is 1. The normalized spacial score (nSPS) is 10.1. The van der Waals surface area contributed by atoms with Crippen molar-refractivity contribution < 1.29 is 14.3 Å². The first-order chi connectivity index (χ1) is 9.02. The van der Waals surface area contributed by atoms with Gasteiger partial charge in [0.15, 0.2) is 0 Å². The minimum atomic E-state index is -0.251. The van der Waals surface area contributed by atoms with E-state index in [0.717, 1.165) is 5.56 Å². The van der Waals surface area contributed by atoms with Gasteiger partial charge in [-0.15, -0.1) is 0 Å². The predicted molar refractivity (Wildman–Crippen MR) is 74.0 cm³/mol. The summed E-state index contributed by atoms with van der Waals surface area (Å²) in [5, 5.41) is 0.655. The Morgan fingerprint density at radius 3 is 2.47 bits per heavy atom. The van der Waals surface area contributed by atoms with E-state index in [-0.39, 0.29) is 11.9 Å². The van der Waals surface area contributed by atoms with Gasteiger partial charge in [0.05, 0.1) is 13.5 Å². The first kappa shape index (κ1) is 15.5. The van der Waals surface area contributed by atoms with Crippen molar-refractivity contribution >= 4 is 23.5 Å². The van der Waals surface area contributed by atoms with Crippen molar-refractivity contribution in [1.82, 2.24) is 4.90 Å². The van der Waals surface area contributed by atoms with E-state index in [9.17, 15) is 9.59 Å². The number of carbonyl (C=O) groups excluding carboxylic acids is 2.